The molecular weight excluding hydrogens is 276 g/mol. The second-order valence-corrected chi connectivity index (χ2v) is 4.45. The molecule has 8 nitrogen and oxygen atoms in total. The van der Waals surface area contributed by atoms with Crippen molar-refractivity contribution in [3.63, 3.8) is 0 Å². The Morgan fingerprint density at radius 2 is 1.76 bits per heavy atom. The van der Waals surface area contributed by atoms with Crippen molar-refractivity contribution < 1.29 is 18.9 Å². The Morgan fingerprint density at radius 3 is 2.43 bits per heavy atom. The minimum Gasteiger partial charge on any atom is -0.463 e. The van der Waals surface area contributed by atoms with Crippen molar-refractivity contribution in [2.75, 3.05) is 45.9 Å². The Balaban J connectivity index is 2.39. The number of methoxy groups -OCH3 is 1. The maximum absolute atomic E-state index is 5.48. The third kappa shape index (κ3) is 7.62. The average molecular weight is 300 g/mol. The second-order valence-electron chi connectivity index (χ2n) is 4.45. The zero-order valence-corrected chi connectivity index (χ0v) is 13.1. The van der Waals surface area contributed by atoms with Crippen molar-refractivity contribution in [1.29, 1.82) is 0 Å². The summed E-state index contributed by atoms with van der Waals surface area (Å²) in [4.78, 5) is 12.3. The average Bonchev–Trinajstić information content (AvgIpc) is 2.45. The third-order valence-electron chi connectivity index (χ3n) is 2.26. The molecule has 0 aliphatic carbocycles. The van der Waals surface area contributed by atoms with E-state index in [4.69, 9.17) is 18.9 Å². The van der Waals surface area contributed by atoms with E-state index >= 15 is 0 Å². The Labute approximate surface area is 125 Å². The lowest BCUT2D eigenvalue weighted by atomic mass is 10.5. The van der Waals surface area contributed by atoms with Crippen LogP contribution in [0.1, 0.15) is 20.3 Å². The predicted octanol–water partition coefficient (Wildman–Crippen LogP) is 1.13. The molecule has 0 bridgehead atoms. The van der Waals surface area contributed by atoms with Gasteiger partial charge < -0.3 is 24.3 Å². The number of hydrogen-bond acceptors (Lipinski definition) is 8. The normalized spacial score (nSPS) is 10.7. The number of nitrogens with zero attached hydrogens (tertiary/aromatic N) is 3. The Kier molecular flexibility index (Phi) is 8.37. The maximum atomic E-state index is 5.48. The van der Waals surface area contributed by atoms with Gasteiger partial charge in [-0.1, -0.05) is 0 Å². The van der Waals surface area contributed by atoms with Gasteiger partial charge in [0.25, 0.3) is 0 Å². The van der Waals surface area contributed by atoms with Crippen LogP contribution in [0.3, 0.4) is 0 Å². The molecule has 1 N–H and O–H groups in total. The van der Waals surface area contributed by atoms with Crippen molar-refractivity contribution in [3.05, 3.63) is 0 Å². The van der Waals surface area contributed by atoms with Crippen LogP contribution in [0, 0.1) is 0 Å². The minimum atomic E-state index is -0.0147. The predicted molar refractivity (Wildman–Crippen MR) is 77.9 cm³/mol. The molecular formula is C13H24N4O4. The van der Waals surface area contributed by atoms with Crippen LogP contribution in [-0.4, -0.2) is 61.6 Å². The second kappa shape index (κ2) is 10.1. The molecule has 1 aromatic heterocycles. The van der Waals surface area contributed by atoms with Gasteiger partial charge in [0.05, 0.1) is 25.9 Å². The van der Waals surface area contributed by atoms with E-state index < -0.39 is 0 Å². The van der Waals surface area contributed by atoms with Crippen molar-refractivity contribution in [3.8, 4) is 12.0 Å². The summed E-state index contributed by atoms with van der Waals surface area (Å²) in [5, 5.41) is 2.84. The van der Waals surface area contributed by atoms with Crippen LogP contribution in [0.2, 0.25) is 0 Å². The van der Waals surface area contributed by atoms with Gasteiger partial charge >= 0.3 is 12.0 Å². The zero-order chi connectivity index (χ0) is 15.5. The topological polar surface area (TPSA) is 87.6 Å². The molecule has 0 aliphatic heterocycles. The van der Waals surface area contributed by atoms with Crippen molar-refractivity contribution in [2.45, 2.75) is 26.4 Å². The quantitative estimate of drug-likeness (QED) is 0.609. The SMILES string of the molecule is CNc1nc(OCCCOCCOC)nc(OC(C)C)n1. The lowest BCUT2D eigenvalue weighted by molar-refractivity contribution is 0.0638. The molecule has 1 rings (SSSR count). The molecule has 0 saturated heterocycles. The van der Waals surface area contributed by atoms with Gasteiger partial charge in [0, 0.05) is 27.2 Å². The Hall–Kier alpha value is -1.67. The molecule has 0 saturated carbocycles. The van der Waals surface area contributed by atoms with Crippen molar-refractivity contribution >= 4 is 5.95 Å². The highest BCUT2D eigenvalue weighted by Gasteiger charge is 2.09. The smallest absolute Gasteiger partial charge is 0.324 e. The molecule has 0 spiro atoms. The fourth-order valence-corrected chi connectivity index (χ4v) is 1.35. The largest absolute Gasteiger partial charge is 0.463 e. The van der Waals surface area contributed by atoms with E-state index in [2.05, 4.69) is 20.3 Å². The molecule has 0 atom stereocenters. The summed E-state index contributed by atoms with van der Waals surface area (Å²) in [5.41, 5.74) is 0. The van der Waals surface area contributed by atoms with E-state index in [-0.39, 0.29) is 18.1 Å². The first-order chi connectivity index (χ1) is 10.2. The van der Waals surface area contributed by atoms with Crippen molar-refractivity contribution in [2.24, 2.45) is 0 Å². The van der Waals surface area contributed by atoms with Crippen LogP contribution >= 0.6 is 0 Å². The first-order valence-electron chi connectivity index (χ1n) is 6.95. The molecule has 0 aliphatic rings. The van der Waals surface area contributed by atoms with Crippen LogP contribution in [0.15, 0.2) is 0 Å². The molecule has 1 aromatic rings. The number of anilines is 1. The number of aromatic nitrogens is 3. The van der Waals surface area contributed by atoms with Crippen LogP contribution in [0.5, 0.6) is 12.0 Å². The molecule has 0 amide bonds. The van der Waals surface area contributed by atoms with Crippen LogP contribution < -0.4 is 14.8 Å². The molecule has 0 aromatic carbocycles. The highest BCUT2D eigenvalue weighted by molar-refractivity contribution is 5.26. The Morgan fingerprint density at radius 1 is 1.00 bits per heavy atom. The standard InChI is InChI=1S/C13H24N4O4/c1-10(2)21-13-16-11(14-3)15-12(17-13)20-7-5-6-19-9-8-18-4/h10H,5-9H2,1-4H3,(H,14,15,16,17). The first kappa shape index (κ1) is 17.4. The van der Waals surface area contributed by atoms with E-state index in [1.54, 1.807) is 14.2 Å². The van der Waals surface area contributed by atoms with Crippen LogP contribution in [-0.2, 0) is 9.47 Å². The van der Waals surface area contributed by atoms with Gasteiger partial charge in [-0.15, -0.1) is 4.98 Å². The summed E-state index contributed by atoms with van der Waals surface area (Å²) in [6.07, 6.45) is 0.726. The lowest BCUT2D eigenvalue weighted by Gasteiger charge is -2.10. The number of nitrogens with one attached hydrogen (secondary N) is 1. The first-order valence-corrected chi connectivity index (χ1v) is 6.95. The zero-order valence-electron chi connectivity index (χ0n) is 13.1. The van der Waals surface area contributed by atoms with E-state index in [0.29, 0.717) is 32.4 Å². The highest BCUT2D eigenvalue weighted by Crippen LogP contribution is 2.13. The summed E-state index contributed by atoms with van der Waals surface area (Å²) in [7, 11) is 3.37. The highest BCUT2D eigenvalue weighted by atomic mass is 16.5. The number of hydrogen-bond donors (Lipinski definition) is 1. The van der Waals surface area contributed by atoms with Gasteiger partial charge in [0.15, 0.2) is 0 Å². The molecule has 1 heterocycles. The third-order valence-corrected chi connectivity index (χ3v) is 2.26. The van der Waals surface area contributed by atoms with Gasteiger partial charge in [0.2, 0.25) is 5.95 Å². The summed E-state index contributed by atoms with van der Waals surface area (Å²) in [6.45, 7) is 6.04. The summed E-state index contributed by atoms with van der Waals surface area (Å²) in [6, 6.07) is 0.484. The van der Waals surface area contributed by atoms with Crippen LogP contribution in [0.4, 0.5) is 5.95 Å². The van der Waals surface area contributed by atoms with E-state index in [1.165, 1.54) is 0 Å². The maximum Gasteiger partial charge on any atom is 0.324 e. The fourth-order valence-electron chi connectivity index (χ4n) is 1.35. The van der Waals surface area contributed by atoms with Gasteiger partial charge in [0.1, 0.15) is 0 Å². The van der Waals surface area contributed by atoms with E-state index in [1.807, 2.05) is 13.8 Å². The molecule has 120 valence electrons. The van der Waals surface area contributed by atoms with Crippen molar-refractivity contribution in [1.82, 2.24) is 15.0 Å². The minimum absolute atomic E-state index is 0.0147. The van der Waals surface area contributed by atoms with E-state index in [9.17, 15) is 0 Å². The molecule has 0 unspecified atom stereocenters. The fraction of sp³-hybridized carbons (Fsp3) is 0.769. The summed E-state index contributed by atoms with van der Waals surface area (Å²) in [5.74, 6) is 0.409. The van der Waals surface area contributed by atoms with Gasteiger partial charge in [-0.05, 0) is 13.8 Å². The molecule has 0 fully saturated rings. The number of rotatable bonds is 11. The summed E-state index contributed by atoms with van der Waals surface area (Å²) >= 11 is 0. The molecule has 21 heavy (non-hydrogen) atoms. The van der Waals surface area contributed by atoms with Crippen LogP contribution in [0.25, 0.3) is 0 Å². The van der Waals surface area contributed by atoms with Gasteiger partial charge in [-0.25, -0.2) is 0 Å². The lowest BCUT2D eigenvalue weighted by Crippen LogP contribution is -2.12. The summed E-state index contributed by atoms with van der Waals surface area (Å²) < 4.78 is 21.2. The van der Waals surface area contributed by atoms with Gasteiger partial charge in [-0.2, -0.15) is 9.97 Å². The van der Waals surface area contributed by atoms with Gasteiger partial charge in [-0.3, -0.25) is 0 Å². The van der Waals surface area contributed by atoms with E-state index in [0.717, 1.165) is 6.42 Å². The number of ether oxygens (including phenoxy) is 4. The molecule has 8 heteroatoms. The monoisotopic (exact) mass is 300 g/mol. The molecule has 0 radical (unpaired) electrons. The Bertz CT molecular complexity index is 404.